The molecule has 1 aliphatic rings. The molecule has 1 fully saturated rings. The summed E-state index contributed by atoms with van der Waals surface area (Å²) < 4.78 is 0. The van der Waals surface area contributed by atoms with Gasteiger partial charge in [-0.1, -0.05) is 12.1 Å². The quantitative estimate of drug-likeness (QED) is 0.943. The Hall–Kier alpha value is -1.72. The highest BCUT2D eigenvalue weighted by Gasteiger charge is 2.21. The zero-order chi connectivity index (χ0) is 15.5. The van der Waals surface area contributed by atoms with Crippen LogP contribution in [-0.4, -0.2) is 42.0 Å². The molecule has 0 aliphatic carbocycles. The maximum Gasteiger partial charge on any atom is 0.251 e. The van der Waals surface area contributed by atoms with E-state index in [0.29, 0.717) is 11.6 Å². The molecule has 5 heteroatoms. The molecule has 1 aromatic heterocycles. The van der Waals surface area contributed by atoms with Crippen LogP contribution in [-0.2, 0) is 0 Å². The van der Waals surface area contributed by atoms with Crippen LogP contribution in [0.25, 0.3) is 10.6 Å². The SMILES string of the molecule is Cc1csc(-c2ccc(C(=O)NCC3CCCN3C)cc2)n1. The van der Waals surface area contributed by atoms with E-state index in [2.05, 4.69) is 22.2 Å². The van der Waals surface area contributed by atoms with Gasteiger partial charge in [-0.3, -0.25) is 4.79 Å². The summed E-state index contributed by atoms with van der Waals surface area (Å²) in [6, 6.07) is 8.16. The molecule has 1 amide bonds. The van der Waals surface area contributed by atoms with Crippen molar-refractivity contribution in [2.75, 3.05) is 20.1 Å². The number of nitrogens with zero attached hydrogens (tertiary/aromatic N) is 2. The van der Waals surface area contributed by atoms with Crippen molar-refractivity contribution in [3.8, 4) is 10.6 Å². The molecular weight excluding hydrogens is 294 g/mol. The van der Waals surface area contributed by atoms with Gasteiger partial charge in [-0.15, -0.1) is 11.3 Å². The fourth-order valence-electron chi connectivity index (χ4n) is 2.80. The molecule has 1 aliphatic heterocycles. The predicted octanol–water partition coefficient (Wildman–Crippen LogP) is 2.94. The molecule has 3 rings (SSSR count). The number of thiazole rings is 1. The molecule has 4 nitrogen and oxygen atoms in total. The van der Waals surface area contributed by atoms with E-state index < -0.39 is 0 Å². The van der Waals surface area contributed by atoms with Gasteiger partial charge < -0.3 is 10.2 Å². The highest BCUT2D eigenvalue weighted by Crippen LogP contribution is 2.23. The van der Waals surface area contributed by atoms with E-state index >= 15 is 0 Å². The second-order valence-corrected chi connectivity index (χ2v) is 6.72. The summed E-state index contributed by atoms with van der Waals surface area (Å²) in [5.74, 6) is 0.00201. The van der Waals surface area contributed by atoms with E-state index in [1.165, 1.54) is 12.8 Å². The Morgan fingerprint density at radius 3 is 2.77 bits per heavy atom. The smallest absolute Gasteiger partial charge is 0.251 e. The minimum atomic E-state index is 0.00201. The Morgan fingerprint density at radius 2 is 2.18 bits per heavy atom. The lowest BCUT2D eigenvalue weighted by Gasteiger charge is -2.19. The average molecular weight is 315 g/mol. The maximum atomic E-state index is 12.2. The molecule has 1 N–H and O–H groups in total. The molecule has 0 spiro atoms. The van der Waals surface area contributed by atoms with Crippen molar-refractivity contribution in [3.63, 3.8) is 0 Å². The number of aryl methyl sites for hydroxylation is 1. The van der Waals surface area contributed by atoms with Crippen molar-refractivity contribution in [2.24, 2.45) is 0 Å². The van der Waals surface area contributed by atoms with Gasteiger partial charge in [-0.25, -0.2) is 4.98 Å². The van der Waals surface area contributed by atoms with Crippen LogP contribution in [0, 0.1) is 6.92 Å². The number of aromatic nitrogens is 1. The first-order chi connectivity index (χ1) is 10.6. The van der Waals surface area contributed by atoms with Gasteiger partial charge in [-0.2, -0.15) is 0 Å². The second kappa shape index (κ2) is 6.58. The zero-order valence-corrected chi connectivity index (χ0v) is 13.8. The van der Waals surface area contributed by atoms with Crippen molar-refractivity contribution in [3.05, 3.63) is 40.9 Å². The summed E-state index contributed by atoms with van der Waals surface area (Å²) in [6.45, 7) is 3.84. The number of likely N-dealkylation sites (N-methyl/N-ethyl adjacent to an activating group) is 1. The van der Waals surface area contributed by atoms with Crippen LogP contribution in [0.3, 0.4) is 0 Å². The predicted molar refractivity (Wildman–Crippen MR) is 90.3 cm³/mol. The third-order valence-corrected chi connectivity index (χ3v) is 5.19. The summed E-state index contributed by atoms with van der Waals surface area (Å²) in [5, 5.41) is 6.07. The number of nitrogens with one attached hydrogen (secondary N) is 1. The molecule has 0 saturated carbocycles. The number of benzene rings is 1. The first-order valence-electron chi connectivity index (χ1n) is 7.64. The molecule has 0 radical (unpaired) electrons. The number of amides is 1. The van der Waals surface area contributed by atoms with Crippen LogP contribution >= 0.6 is 11.3 Å². The van der Waals surface area contributed by atoms with E-state index in [-0.39, 0.29) is 5.91 Å². The van der Waals surface area contributed by atoms with Gasteiger partial charge in [-0.05, 0) is 45.5 Å². The molecule has 1 atom stereocenters. The summed E-state index contributed by atoms with van der Waals surface area (Å²) in [7, 11) is 2.12. The molecule has 1 saturated heterocycles. The van der Waals surface area contributed by atoms with E-state index in [1.54, 1.807) is 11.3 Å². The molecule has 1 aromatic carbocycles. The van der Waals surface area contributed by atoms with Crippen LogP contribution in [0.4, 0.5) is 0 Å². The van der Waals surface area contributed by atoms with Crippen molar-refractivity contribution >= 4 is 17.2 Å². The summed E-state index contributed by atoms with van der Waals surface area (Å²) in [5.41, 5.74) is 2.80. The Kier molecular flexibility index (Phi) is 4.55. The number of carbonyl (C=O) groups excluding carboxylic acids is 1. The van der Waals surface area contributed by atoms with E-state index in [0.717, 1.165) is 29.4 Å². The third-order valence-electron chi connectivity index (χ3n) is 4.18. The minimum absolute atomic E-state index is 0.00201. The second-order valence-electron chi connectivity index (χ2n) is 5.86. The molecule has 2 aromatic rings. The Bertz CT molecular complexity index is 650. The summed E-state index contributed by atoms with van der Waals surface area (Å²) in [4.78, 5) is 19.0. The number of rotatable bonds is 4. The van der Waals surface area contributed by atoms with Gasteiger partial charge >= 0.3 is 0 Å². The Balaban J connectivity index is 1.61. The van der Waals surface area contributed by atoms with Gasteiger partial charge in [0.2, 0.25) is 0 Å². The summed E-state index contributed by atoms with van der Waals surface area (Å²) >= 11 is 1.63. The standard InChI is InChI=1S/C17H21N3OS/c1-12-11-22-17(19-12)14-7-5-13(6-8-14)16(21)18-10-15-4-3-9-20(15)2/h5-8,11,15H,3-4,9-10H2,1-2H3,(H,18,21). The van der Waals surface area contributed by atoms with E-state index in [4.69, 9.17) is 0 Å². The first-order valence-corrected chi connectivity index (χ1v) is 8.52. The molecule has 2 heterocycles. The van der Waals surface area contributed by atoms with Crippen molar-refractivity contribution in [2.45, 2.75) is 25.8 Å². The van der Waals surface area contributed by atoms with Gasteiger partial charge in [0, 0.05) is 34.8 Å². The van der Waals surface area contributed by atoms with Crippen molar-refractivity contribution in [1.82, 2.24) is 15.2 Å². The summed E-state index contributed by atoms with van der Waals surface area (Å²) in [6.07, 6.45) is 2.39. The lowest BCUT2D eigenvalue weighted by Crippen LogP contribution is -2.38. The highest BCUT2D eigenvalue weighted by molar-refractivity contribution is 7.13. The number of hydrogen-bond acceptors (Lipinski definition) is 4. The zero-order valence-electron chi connectivity index (χ0n) is 13.0. The number of carbonyl (C=O) groups is 1. The monoisotopic (exact) mass is 315 g/mol. The Morgan fingerprint density at radius 1 is 1.41 bits per heavy atom. The van der Waals surface area contributed by atoms with Crippen LogP contribution < -0.4 is 5.32 Å². The number of likely N-dealkylation sites (tertiary alicyclic amines) is 1. The first kappa shape index (κ1) is 15.2. The Labute approximate surface area is 135 Å². The topological polar surface area (TPSA) is 45.2 Å². The lowest BCUT2D eigenvalue weighted by molar-refractivity contribution is 0.0943. The fraction of sp³-hybridized carbons (Fsp3) is 0.412. The normalized spacial score (nSPS) is 18.5. The minimum Gasteiger partial charge on any atom is -0.350 e. The van der Waals surface area contributed by atoms with Crippen molar-refractivity contribution in [1.29, 1.82) is 0 Å². The van der Waals surface area contributed by atoms with Crippen LogP contribution in [0.5, 0.6) is 0 Å². The molecule has 22 heavy (non-hydrogen) atoms. The number of hydrogen-bond donors (Lipinski definition) is 1. The molecule has 1 unspecified atom stereocenters. The molecule has 116 valence electrons. The van der Waals surface area contributed by atoms with Gasteiger partial charge in [0.1, 0.15) is 5.01 Å². The molecular formula is C17H21N3OS. The van der Waals surface area contributed by atoms with Gasteiger partial charge in [0.25, 0.3) is 5.91 Å². The van der Waals surface area contributed by atoms with Gasteiger partial charge in [0.15, 0.2) is 0 Å². The van der Waals surface area contributed by atoms with Crippen LogP contribution in [0.1, 0.15) is 28.9 Å². The third kappa shape index (κ3) is 3.36. The van der Waals surface area contributed by atoms with Gasteiger partial charge in [0.05, 0.1) is 0 Å². The van der Waals surface area contributed by atoms with E-state index in [9.17, 15) is 4.79 Å². The fourth-order valence-corrected chi connectivity index (χ4v) is 3.60. The van der Waals surface area contributed by atoms with Crippen molar-refractivity contribution < 1.29 is 4.79 Å². The molecule has 0 bridgehead atoms. The lowest BCUT2D eigenvalue weighted by atomic mass is 10.1. The highest BCUT2D eigenvalue weighted by atomic mass is 32.1. The maximum absolute atomic E-state index is 12.2. The average Bonchev–Trinajstić information content (AvgIpc) is 3.13. The largest absolute Gasteiger partial charge is 0.350 e. The van der Waals surface area contributed by atoms with E-state index in [1.807, 2.05) is 36.6 Å². The van der Waals surface area contributed by atoms with Crippen LogP contribution in [0.2, 0.25) is 0 Å². The van der Waals surface area contributed by atoms with Crippen LogP contribution in [0.15, 0.2) is 29.6 Å².